The normalized spacial score (nSPS) is 25.3. The van der Waals surface area contributed by atoms with Crippen LogP contribution in [0.25, 0.3) is 0 Å². The lowest BCUT2D eigenvalue weighted by Crippen LogP contribution is -2.46. The average Bonchev–Trinajstić information content (AvgIpc) is 2.36. The second kappa shape index (κ2) is 8.54. The first-order valence-corrected chi connectivity index (χ1v) is 7.57. The number of esters is 1. The Kier molecular flexibility index (Phi) is 7.39. The Morgan fingerprint density at radius 1 is 1.26 bits per heavy atom. The van der Waals surface area contributed by atoms with Crippen molar-refractivity contribution in [2.45, 2.75) is 71.6 Å². The van der Waals surface area contributed by atoms with E-state index in [0.29, 0.717) is 19.3 Å². The summed E-state index contributed by atoms with van der Waals surface area (Å²) in [4.78, 5) is 11.8. The summed E-state index contributed by atoms with van der Waals surface area (Å²) in [5.74, 6) is 0.606. The van der Waals surface area contributed by atoms with Gasteiger partial charge in [0.25, 0.3) is 0 Å². The van der Waals surface area contributed by atoms with Crippen molar-refractivity contribution >= 4 is 5.97 Å². The zero-order chi connectivity index (χ0) is 14.3. The van der Waals surface area contributed by atoms with E-state index in [-0.39, 0.29) is 18.1 Å². The summed E-state index contributed by atoms with van der Waals surface area (Å²) in [6.45, 7) is 8.99. The molecule has 1 fully saturated rings. The second-order valence-electron chi connectivity index (χ2n) is 5.84. The highest BCUT2D eigenvalue weighted by Crippen LogP contribution is 2.25. The van der Waals surface area contributed by atoms with Crippen LogP contribution >= 0.6 is 0 Å². The Bertz CT molecular complexity index is 260. The largest absolute Gasteiger partial charge is 0.465 e. The molecule has 1 aliphatic rings. The van der Waals surface area contributed by atoms with Gasteiger partial charge in [-0.1, -0.05) is 20.8 Å². The van der Waals surface area contributed by atoms with Crippen molar-refractivity contribution in [1.82, 2.24) is 5.32 Å². The molecule has 0 aliphatic heterocycles. The van der Waals surface area contributed by atoms with Crippen molar-refractivity contribution in [3.63, 3.8) is 0 Å². The first kappa shape index (κ1) is 16.4. The van der Waals surface area contributed by atoms with Crippen LogP contribution in [0.3, 0.4) is 0 Å². The van der Waals surface area contributed by atoms with Gasteiger partial charge in [-0.2, -0.15) is 0 Å². The molecule has 0 saturated heterocycles. The van der Waals surface area contributed by atoms with E-state index in [1.54, 1.807) is 0 Å². The van der Waals surface area contributed by atoms with Gasteiger partial charge in [0.15, 0.2) is 0 Å². The lowest BCUT2D eigenvalue weighted by atomic mass is 9.89. The maximum atomic E-state index is 11.8. The van der Waals surface area contributed by atoms with Crippen molar-refractivity contribution in [2.75, 3.05) is 13.2 Å². The zero-order valence-electron chi connectivity index (χ0n) is 12.8. The molecule has 0 spiro atoms. The monoisotopic (exact) mass is 271 g/mol. The van der Waals surface area contributed by atoms with Gasteiger partial charge in [0.1, 0.15) is 6.04 Å². The van der Waals surface area contributed by atoms with Crippen molar-refractivity contribution in [3.05, 3.63) is 0 Å². The highest BCUT2D eigenvalue weighted by Gasteiger charge is 2.24. The van der Waals surface area contributed by atoms with Gasteiger partial charge in [0.2, 0.25) is 0 Å². The molecule has 4 heteroatoms. The van der Waals surface area contributed by atoms with Crippen LogP contribution in [0.1, 0.15) is 53.4 Å². The molecule has 1 saturated carbocycles. The van der Waals surface area contributed by atoms with Crippen molar-refractivity contribution < 1.29 is 14.3 Å². The third-order valence-electron chi connectivity index (χ3n) is 3.57. The first-order chi connectivity index (χ1) is 9.02. The fourth-order valence-corrected chi connectivity index (χ4v) is 2.46. The quantitative estimate of drug-likeness (QED) is 0.723. The molecule has 4 nitrogen and oxygen atoms in total. The van der Waals surface area contributed by atoms with Gasteiger partial charge in [-0.15, -0.1) is 0 Å². The van der Waals surface area contributed by atoms with Gasteiger partial charge in [0.05, 0.1) is 19.3 Å². The van der Waals surface area contributed by atoms with Gasteiger partial charge >= 0.3 is 5.97 Å². The molecule has 112 valence electrons. The van der Waals surface area contributed by atoms with E-state index in [4.69, 9.17) is 9.47 Å². The van der Waals surface area contributed by atoms with Crippen molar-refractivity contribution in [3.8, 4) is 0 Å². The topological polar surface area (TPSA) is 47.6 Å². The van der Waals surface area contributed by atoms with Crippen LogP contribution in [-0.2, 0) is 14.3 Å². The van der Waals surface area contributed by atoms with E-state index in [1.165, 1.54) is 12.8 Å². The van der Waals surface area contributed by atoms with Crippen molar-refractivity contribution in [2.24, 2.45) is 5.92 Å². The maximum absolute atomic E-state index is 11.8. The average molecular weight is 271 g/mol. The fraction of sp³-hybridized carbons (Fsp3) is 0.933. The molecule has 0 aromatic heterocycles. The lowest BCUT2D eigenvalue weighted by molar-refractivity contribution is -0.148. The summed E-state index contributed by atoms with van der Waals surface area (Å²) >= 11 is 0. The summed E-state index contributed by atoms with van der Waals surface area (Å²) < 4.78 is 11.0. The van der Waals surface area contributed by atoms with E-state index in [0.717, 1.165) is 18.8 Å². The van der Waals surface area contributed by atoms with Gasteiger partial charge in [-0.25, -0.2) is 0 Å². The lowest BCUT2D eigenvalue weighted by Gasteiger charge is -2.28. The minimum Gasteiger partial charge on any atom is -0.465 e. The summed E-state index contributed by atoms with van der Waals surface area (Å²) in [5, 5.41) is 3.21. The van der Waals surface area contributed by atoms with Crippen LogP contribution < -0.4 is 5.32 Å². The number of nitrogens with one attached hydrogen (secondary N) is 1. The van der Waals surface area contributed by atoms with E-state index < -0.39 is 0 Å². The molecule has 0 amide bonds. The third kappa shape index (κ3) is 6.39. The predicted octanol–water partition coefficient (Wildman–Crippen LogP) is 2.51. The fourth-order valence-electron chi connectivity index (χ4n) is 2.46. The number of carbonyl (C=O) groups excluding carboxylic acids is 1. The minimum absolute atomic E-state index is 0.208. The Labute approximate surface area is 117 Å². The molecule has 1 N–H and O–H groups in total. The molecule has 0 aromatic rings. The van der Waals surface area contributed by atoms with E-state index in [9.17, 15) is 4.79 Å². The maximum Gasteiger partial charge on any atom is 0.325 e. The van der Waals surface area contributed by atoms with Gasteiger partial charge in [0, 0.05) is 6.04 Å². The van der Waals surface area contributed by atoms with Crippen LogP contribution in [0.2, 0.25) is 0 Å². The van der Waals surface area contributed by atoms with Crippen LogP contribution in [-0.4, -0.2) is 37.4 Å². The molecule has 1 unspecified atom stereocenters. The van der Waals surface area contributed by atoms with Crippen LogP contribution in [0.15, 0.2) is 0 Å². The summed E-state index contributed by atoms with van der Waals surface area (Å²) in [6.07, 6.45) is 4.98. The number of ether oxygens (including phenoxy) is 2. The highest BCUT2D eigenvalue weighted by atomic mass is 16.5. The molecular formula is C15H29NO3. The molecule has 1 rings (SSSR count). The molecule has 0 bridgehead atoms. The summed E-state index contributed by atoms with van der Waals surface area (Å²) in [7, 11) is 0. The minimum atomic E-state index is -0.348. The Morgan fingerprint density at radius 3 is 2.42 bits per heavy atom. The Hall–Kier alpha value is -0.610. The SMILES string of the molecule is CCOC(=O)C(COC1CCC(C)CC1)NC(C)C. The van der Waals surface area contributed by atoms with Crippen molar-refractivity contribution in [1.29, 1.82) is 0 Å². The van der Waals surface area contributed by atoms with Gasteiger partial charge in [-0.3, -0.25) is 4.79 Å². The molecule has 1 aliphatic carbocycles. The van der Waals surface area contributed by atoms with E-state index >= 15 is 0 Å². The molecule has 0 radical (unpaired) electrons. The Morgan fingerprint density at radius 2 is 1.89 bits per heavy atom. The Balaban J connectivity index is 2.37. The van der Waals surface area contributed by atoms with Crippen LogP contribution in [0.5, 0.6) is 0 Å². The number of hydrogen-bond acceptors (Lipinski definition) is 4. The van der Waals surface area contributed by atoms with E-state index in [2.05, 4.69) is 12.2 Å². The van der Waals surface area contributed by atoms with Crippen LogP contribution in [0.4, 0.5) is 0 Å². The third-order valence-corrected chi connectivity index (χ3v) is 3.57. The van der Waals surface area contributed by atoms with Crippen LogP contribution in [0, 0.1) is 5.92 Å². The van der Waals surface area contributed by atoms with Gasteiger partial charge in [-0.05, 0) is 38.5 Å². The predicted molar refractivity (Wildman–Crippen MR) is 76.1 cm³/mol. The number of carbonyl (C=O) groups is 1. The summed E-state index contributed by atoms with van der Waals surface area (Å²) in [5.41, 5.74) is 0. The van der Waals surface area contributed by atoms with Gasteiger partial charge < -0.3 is 14.8 Å². The number of rotatable bonds is 7. The molecule has 0 heterocycles. The standard InChI is InChI=1S/C15H29NO3/c1-5-18-15(17)14(16-11(2)3)10-19-13-8-6-12(4)7-9-13/h11-14,16H,5-10H2,1-4H3. The van der Waals surface area contributed by atoms with E-state index in [1.807, 2.05) is 20.8 Å². The molecular weight excluding hydrogens is 242 g/mol. The highest BCUT2D eigenvalue weighted by molar-refractivity contribution is 5.75. The zero-order valence-corrected chi connectivity index (χ0v) is 12.8. The first-order valence-electron chi connectivity index (χ1n) is 7.57. The second-order valence-corrected chi connectivity index (χ2v) is 5.84. The molecule has 19 heavy (non-hydrogen) atoms. The number of hydrogen-bond donors (Lipinski definition) is 1. The molecule has 1 atom stereocenters. The molecule has 0 aromatic carbocycles. The summed E-state index contributed by atoms with van der Waals surface area (Å²) in [6, 6.07) is -0.108. The smallest absolute Gasteiger partial charge is 0.325 e.